The van der Waals surface area contributed by atoms with Gasteiger partial charge < -0.3 is 9.67 Å². The molecular formula is C13H14BrClN2O. The number of rotatable bonds is 3. The van der Waals surface area contributed by atoms with Crippen LogP contribution in [0.5, 0.6) is 0 Å². The molecule has 0 aliphatic carbocycles. The molecule has 1 aromatic heterocycles. The largest absolute Gasteiger partial charge is 0.385 e. The quantitative estimate of drug-likeness (QED) is 0.938. The molecule has 0 fully saturated rings. The Balaban J connectivity index is 2.33. The summed E-state index contributed by atoms with van der Waals surface area (Å²) in [5.41, 5.74) is -0.341. The molecule has 18 heavy (non-hydrogen) atoms. The van der Waals surface area contributed by atoms with Crippen LogP contribution in [0, 0.1) is 0 Å². The van der Waals surface area contributed by atoms with E-state index in [1.807, 2.05) is 29.9 Å². The van der Waals surface area contributed by atoms with E-state index in [1.165, 1.54) is 0 Å². The summed E-state index contributed by atoms with van der Waals surface area (Å²) in [5.74, 6) is 0.819. The molecule has 1 N–H and O–H groups in total. The Morgan fingerprint density at radius 3 is 2.78 bits per heavy atom. The second-order valence-electron chi connectivity index (χ2n) is 4.53. The summed E-state index contributed by atoms with van der Waals surface area (Å²) in [7, 11) is 1.90. The summed E-state index contributed by atoms with van der Waals surface area (Å²) >= 11 is 9.53. The minimum Gasteiger partial charge on any atom is -0.385 e. The predicted octanol–water partition coefficient (Wildman–Crippen LogP) is 3.29. The van der Waals surface area contributed by atoms with E-state index in [4.69, 9.17) is 11.6 Å². The summed E-state index contributed by atoms with van der Waals surface area (Å²) < 4.78 is 2.78. The van der Waals surface area contributed by atoms with Crippen LogP contribution < -0.4 is 0 Å². The first kappa shape index (κ1) is 13.6. The molecule has 1 aromatic carbocycles. The Kier molecular flexibility index (Phi) is 3.80. The van der Waals surface area contributed by atoms with Crippen LogP contribution in [0.2, 0.25) is 5.02 Å². The Labute approximate surface area is 120 Å². The highest BCUT2D eigenvalue weighted by molar-refractivity contribution is 9.10. The van der Waals surface area contributed by atoms with E-state index < -0.39 is 5.60 Å². The van der Waals surface area contributed by atoms with E-state index in [9.17, 15) is 5.11 Å². The van der Waals surface area contributed by atoms with Crippen molar-refractivity contribution in [3.05, 3.63) is 51.5 Å². The molecule has 2 aromatic rings. The molecule has 0 aliphatic rings. The van der Waals surface area contributed by atoms with Crippen molar-refractivity contribution < 1.29 is 5.11 Å². The summed E-state index contributed by atoms with van der Waals surface area (Å²) in [4.78, 5) is 4.22. The highest BCUT2D eigenvalue weighted by Crippen LogP contribution is 2.32. The lowest BCUT2D eigenvalue weighted by atomic mass is 9.92. The Hall–Kier alpha value is -0.840. The van der Waals surface area contributed by atoms with Gasteiger partial charge in [0, 0.05) is 40.9 Å². The number of aromatic nitrogens is 2. The van der Waals surface area contributed by atoms with Gasteiger partial charge in [0.25, 0.3) is 0 Å². The fraction of sp³-hybridized carbons (Fsp3) is 0.308. The molecule has 0 saturated heterocycles. The molecule has 0 bridgehead atoms. The number of aryl methyl sites for hydroxylation is 1. The van der Waals surface area contributed by atoms with E-state index in [-0.39, 0.29) is 0 Å². The third-order valence-corrected chi connectivity index (χ3v) is 3.74. The fourth-order valence-corrected chi connectivity index (χ4v) is 2.77. The van der Waals surface area contributed by atoms with Crippen LogP contribution in [0.1, 0.15) is 18.3 Å². The number of halogens is 2. The summed E-state index contributed by atoms with van der Waals surface area (Å²) in [5, 5.41) is 11.1. The van der Waals surface area contributed by atoms with Crippen LogP contribution in [0.4, 0.5) is 0 Å². The van der Waals surface area contributed by atoms with Gasteiger partial charge in [0.05, 0.1) is 5.60 Å². The molecule has 0 amide bonds. The lowest BCUT2D eigenvalue weighted by Crippen LogP contribution is -2.26. The Morgan fingerprint density at radius 2 is 2.22 bits per heavy atom. The van der Waals surface area contributed by atoms with Crippen LogP contribution >= 0.6 is 27.5 Å². The molecular weight excluding hydrogens is 316 g/mol. The number of hydrogen-bond acceptors (Lipinski definition) is 2. The maximum atomic E-state index is 10.6. The molecule has 3 nitrogen and oxygen atoms in total. The average molecular weight is 330 g/mol. The summed E-state index contributed by atoms with van der Waals surface area (Å²) in [6, 6.07) is 5.48. The van der Waals surface area contributed by atoms with E-state index >= 15 is 0 Å². The Morgan fingerprint density at radius 1 is 1.50 bits per heavy atom. The minimum atomic E-state index is -1.04. The molecule has 1 heterocycles. The molecule has 0 radical (unpaired) electrons. The number of benzene rings is 1. The molecule has 1 unspecified atom stereocenters. The molecule has 1 atom stereocenters. The van der Waals surface area contributed by atoms with E-state index in [0.29, 0.717) is 17.0 Å². The number of hydrogen-bond donors (Lipinski definition) is 1. The number of nitrogens with zero attached hydrogens (tertiary/aromatic N) is 2. The van der Waals surface area contributed by atoms with Gasteiger partial charge in [0.2, 0.25) is 0 Å². The first-order chi connectivity index (χ1) is 8.40. The van der Waals surface area contributed by atoms with Crippen molar-refractivity contribution in [1.82, 2.24) is 9.55 Å². The van der Waals surface area contributed by atoms with Crippen LogP contribution in [0.3, 0.4) is 0 Å². The van der Waals surface area contributed by atoms with Gasteiger partial charge in [-0.05, 0) is 19.1 Å². The third kappa shape index (κ3) is 2.76. The molecule has 96 valence electrons. The van der Waals surface area contributed by atoms with Crippen molar-refractivity contribution in [2.45, 2.75) is 18.9 Å². The second kappa shape index (κ2) is 5.03. The zero-order valence-electron chi connectivity index (χ0n) is 10.2. The second-order valence-corrected chi connectivity index (χ2v) is 5.85. The van der Waals surface area contributed by atoms with Gasteiger partial charge in [-0.15, -0.1) is 0 Å². The van der Waals surface area contributed by atoms with Crippen molar-refractivity contribution in [3.63, 3.8) is 0 Å². The first-order valence-corrected chi connectivity index (χ1v) is 6.71. The topological polar surface area (TPSA) is 38.0 Å². The minimum absolute atomic E-state index is 0.415. The standard InChI is InChI=1S/C13H14BrClN2O/c1-13(18,8-12-16-5-6-17(12)2)10-4-3-9(14)7-11(10)15/h3-7,18H,8H2,1-2H3. The third-order valence-electron chi connectivity index (χ3n) is 2.93. The highest BCUT2D eigenvalue weighted by Gasteiger charge is 2.27. The highest BCUT2D eigenvalue weighted by atomic mass is 79.9. The fourth-order valence-electron chi connectivity index (χ4n) is 1.90. The van der Waals surface area contributed by atoms with Gasteiger partial charge in [-0.1, -0.05) is 33.6 Å². The number of imidazole rings is 1. The summed E-state index contributed by atoms with van der Waals surface area (Å²) in [6.45, 7) is 1.75. The first-order valence-electron chi connectivity index (χ1n) is 5.54. The van der Waals surface area contributed by atoms with Gasteiger partial charge in [-0.3, -0.25) is 0 Å². The molecule has 2 rings (SSSR count). The van der Waals surface area contributed by atoms with Crippen molar-refractivity contribution in [3.8, 4) is 0 Å². The predicted molar refractivity (Wildman–Crippen MR) is 75.6 cm³/mol. The maximum absolute atomic E-state index is 10.6. The maximum Gasteiger partial charge on any atom is 0.111 e. The van der Waals surface area contributed by atoms with Gasteiger partial charge in [0.1, 0.15) is 5.82 Å². The van der Waals surface area contributed by atoms with Crippen LogP contribution in [-0.2, 0) is 19.1 Å². The zero-order valence-corrected chi connectivity index (χ0v) is 12.5. The molecule has 0 spiro atoms. The van der Waals surface area contributed by atoms with Crippen molar-refractivity contribution in [2.75, 3.05) is 0 Å². The lowest BCUT2D eigenvalue weighted by Gasteiger charge is -2.24. The smallest absolute Gasteiger partial charge is 0.111 e. The van der Waals surface area contributed by atoms with Gasteiger partial charge in [0.15, 0.2) is 0 Å². The van der Waals surface area contributed by atoms with Crippen molar-refractivity contribution in [1.29, 1.82) is 0 Å². The van der Waals surface area contributed by atoms with Crippen LogP contribution in [-0.4, -0.2) is 14.7 Å². The van der Waals surface area contributed by atoms with Crippen molar-refractivity contribution >= 4 is 27.5 Å². The summed E-state index contributed by atoms with van der Waals surface area (Å²) in [6.07, 6.45) is 3.99. The average Bonchev–Trinajstić information content (AvgIpc) is 2.63. The molecule has 5 heteroatoms. The number of aliphatic hydroxyl groups is 1. The molecule has 0 aliphatic heterocycles. The normalized spacial score (nSPS) is 14.5. The van der Waals surface area contributed by atoms with E-state index in [2.05, 4.69) is 20.9 Å². The Bertz CT molecular complexity index is 566. The van der Waals surface area contributed by atoms with Gasteiger partial charge in [-0.2, -0.15) is 0 Å². The van der Waals surface area contributed by atoms with E-state index in [0.717, 1.165) is 10.3 Å². The lowest BCUT2D eigenvalue weighted by molar-refractivity contribution is 0.0549. The van der Waals surface area contributed by atoms with Crippen molar-refractivity contribution in [2.24, 2.45) is 7.05 Å². The molecule has 0 saturated carbocycles. The SMILES string of the molecule is Cn1ccnc1CC(C)(O)c1ccc(Br)cc1Cl. The van der Waals surface area contributed by atoms with Crippen LogP contribution in [0.25, 0.3) is 0 Å². The van der Waals surface area contributed by atoms with Gasteiger partial charge >= 0.3 is 0 Å². The van der Waals surface area contributed by atoms with E-state index in [1.54, 1.807) is 19.2 Å². The zero-order chi connectivity index (χ0) is 13.3. The monoisotopic (exact) mass is 328 g/mol. The van der Waals surface area contributed by atoms with Crippen LogP contribution in [0.15, 0.2) is 35.1 Å². The van der Waals surface area contributed by atoms with Gasteiger partial charge in [-0.25, -0.2) is 4.98 Å².